The van der Waals surface area contributed by atoms with Crippen LogP contribution in [0.25, 0.3) is 22.4 Å². The lowest BCUT2D eigenvalue weighted by Gasteiger charge is -2.08. The number of benzene rings is 2. The lowest BCUT2D eigenvalue weighted by molar-refractivity contribution is -0.116. The molecule has 4 rings (SSSR count). The molecule has 0 radical (unpaired) electrons. The van der Waals surface area contributed by atoms with Gasteiger partial charge >= 0.3 is 0 Å². The summed E-state index contributed by atoms with van der Waals surface area (Å²) in [6, 6.07) is 14.5. The number of aryl methyl sites for hydroxylation is 1. The molecule has 2 aromatic heterocycles. The van der Waals surface area contributed by atoms with Crippen LogP contribution in [0.4, 0.5) is 5.69 Å². The first kappa shape index (κ1) is 18.4. The van der Waals surface area contributed by atoms with Gasteiger partial charge in [-0.15, -0.1) is 0 Å². The molecule has 0 saturated heterocycles. The summed E-state index contributed by atoms with van der Waals surface area (Å²) in [7, 11) is 1.55. The van der Waals surface area contributed by atoms with Gasteiger partial charge in [-0.3, -0.25) is 14.2 Å². The molecule has 0 aliphatic heterocycles. The third-order valence-electron chi connectivity index (χ3n) is 4.46. The van der Waals surface area contributed by atoms with Crippen LogP contribution in [0.5, 0.6) is 5.75 Å². The zero-order chi connectivity index (χ0) is 20.4. The van der Waals surface area contributed by atoms with Crippen molar-refractivity contribution in [1.82, 2.24) is 14.7 Å². The van der Waals surface area contributed by atoms with E-state index in [2.05, 4.69) is 15.5 Å². The van der Waals surface area contributed by atoms with Crippen LogP contribution in [-0.2, 0) is 11.3 Å². The van der Waals surface area contributed by atoms with Crippen LogP contribution in [0.2, 0.25) is 0 Å². The molecule has 0 saturated carbocycles. The normalized spacial score (nSPS) is 10.8. The highest BCUT2D eigenvalue weighted by Gasteiger charge is 2.18. The number of carbonyl (C=O) groups excluding carboxylic acids is 1. The second-order valence-electron chi connectivity index (χ2n) is 6.54. The van der Waals surface area contributed by atoms with Crippen molar-refractivity contribution >= 4 is 22.7 Å². The van der Waals surface area contributed by atoms with Gasteiger partial charge in [0, 0.05) is 17.3 Å². The van der Waals surface area contributed by atoms with Crippen LogP contribution in [0, 0.1) is 6.92 Å². The monoisotopic (exact) mass is 390 g/mol. The molecule has 0 aliphatic rings. The van der Waals surface area contributed by atoms with E-state index >= 15 is 0 Å². The first-order valence-corrected chi connectivity index (χ1v) is 8.91. The Kier molecular flexibility index (Phi) is 4.82. The van der Waals surface area contributed by atoms with Gasteiger partial charge in [0.1, 0.15) is 29.7 Å². The second kappa shape index (κ2) is 7.59. The minimum atomic E-state index is -0.396. The summed E-state index contributed by atoms with van der Waals surface area (Å²) in [5.74, 6) is 0.255. The fourth-order valence-corrected chi connectivity index (χ4v) is 2.96. The maximum atomic E-state index is 13.0. The molecule has 29 heavy (non-hydrogen) atoms. The third-order valence-corrected chi connectivity index (χ3v) is 4.46. The van der Waals surface area contributed by atoms with Gasteiger partial charge in [0.05, 0.1) is 7.11 Å². The summed E-state index contributed by atoms with van der Waals surface area (Å²) in [6.45, 7) is 1.78. The highest BCUT2D eigenvalue weighted by atomic mass is 16.5. The van der Waals surface area contributed by atoms with E-state index in [9.17, 15) is 9.59 Å². The number of methoxy groups -OCH3 is 1. The smallest absolute Gasteiger partial charge is 0.267 e. The first-order chi connectivity index (χ1) is 14.0. The fraction of sp³-hybridized carbons (Fsp3) is 0.143. The summed E-state index contributed by atoms with van der Waals surface area (Å²) in [6.07, 6.45) is 1.28. The van der Waals surface area contributed by atoms with Crippen LogP contribution < -0.4 is 15.6 Å². The zero-order valence-electron chi connectivity index (χ0n) is 15.9. The number of nitrogens with zero attached hydrogens (tertiary/aromatic N) is 3. The summed E-state index contributed by atoms with van der Waals surface area (Å²) in [5.41, 5.74) is 2.54. The van der Waals surface area contributed by atoms with Gasteiger partial charge in [-0.05, 0) is 19.1 Å². The molecule has 0 spiro atoms. The molecule has 0 atom stereocenters. The Morgan fingerprint density at radius 1 is 1.21 bits per heavy atom. The number of carbonyl (C=O) groups is 1. The highest BCUT2D eigenvalue weighted by Crippen LogP contribution is 2.24. The van der Waals surface area contributed by atoms with Gasteiger partial charge in [-0.1, -0.05) is 41.1 Å². The molecule has 146 valence electrons. The van der Waals surface area contributed by atoms with Gasteiger partial charge in [0.15, 0.2) is 0 Å². The van der Waals surface area contributed by atoms with E-state index in [0.29, 0.717) is 17.1 Å². The lowest BCUT2D eigenvalue weighted by Crippen LogP contribution is -2.27. The second-order valence-corrected chi connectivity index (χ2v) is 6.54. The van der Waals surface area contributed by atoms with Crippen LogP contribution in [0.3, 0.4) is 0 Å². The van der Waals surface area contributed by atoms with Crippen LogP contribution in [0.1, 0.15) is 5.56 Å². The van der Waals surface area contributed by atoms with Crippen molar-refractivity contribution in [2.24, 2.45) is 0 Å². The lowest BCUT2D eigenvalue weighted by atomic mass is 10.1. The van der Waals surface area contributed by atoms with Gasteiger partial charge in [-0.2, -0.15) is 0 Å². The standard InChI is InChI=1S/C21H18N4O4/c1-13-6-8-14(9-7-13)19-18-20(29-24-19)22-12-25(21(18)27)11-17(26)23-15-4-3-5-16(10-15)28-2/h3-10,12H,11H2,1-2H3,(H,23,26). The number of ether oxygens (including phenoxy) is 1. The highest BCUT2D eigenvalue weighted by molar-refractivity contribution is 5.91. The number of anilines is 1. The SMILES string of the molecule is COc1cccc(NC(=O)Cn2cnc3onc(-c4ccc(C)cc4)c3c2=O)c1. The minimum Gasteiger partial charge on any atom is -0.497 e. The number of aromatic nitrogens is 3. The first-order valence-electron chi connectivity index (χ1n) is 8.91. The Balaban J connectivity index is 1.63. The van der Waals surface area contributed by atoms with E-state index in [1.807, 2.05) is 31.2 Å². The Hall–Kier alpha value is -3.94. The van der Waals surface area contributed by atoms with E-state index in [1.54, 1.807) is 31.4 Å². The molecular formula is C21H18N4O4. The molecule has 0 fully saturated rings. The Morgan fingerprint density at radius 2 is 2.00 bits per heavy atom. The molecule has 0 aliphatic carbocycles. The molecule has 0 unspecified atom stereocenters. The Labute approximate surface area is 165 Å². The molecule has 4 aromatic rings. The van der Waals surface area contributed by atoms with Gasteiger partial charge in [0.25, 0.3) is 11.3 Å². The summed E-state index contributed by atoms with van der Waals surface area (Å²) in [4.78, 5) is 29.5. The Bertz CT molecular complexity index is 1240. The quantitative estimate of drug-likeness (QED) is 0.562. The predicted octanol–water partition coefficient (Wildman–Crippen LogP) is 3.01. The number of amides is 1. The van der Waals surface area contributed by atoms with Crippen molar-refractivity contribution in [2.75, 3.05) is 12.4 Å². The summed E-state index contributed by atoms with van der Waals surface area (Å²) >= 11 is 0. The summed E-state index contributed by atoms with van der Waals surface area (Å²) < 4.78 is 11.6. The molecule has 8 nitrogen and oxygen atoms in total. The van der Waals surface area contributed by atoms with Crippen LogP contribution in [-0.4, -0.2) is 27.7 Å². The third kappa shape index (κ3) is 3.73. The van der Waals surface area contributed by atoms with Gasteiger partial charge < -0.3 is 14.6 Å². The van der Waals surface area contributed by atoms with Gasteiger partial charge in [-0.25, -0.2) is 4.98 Å². The van der Waals surface area contributed by atoms with E-state index in [4.69, 9.17) is 9.26 Å². The topological polar surface area (TPSA) is 99.2 Å². The van der Waals surface area contributed by atoms with E-state index in [0.717, 1.165) is 11.1 Å². The molecular weight excluding hydrogens is 372 g/mol. The van der Waals surface area contributed by atoms with E-state index in [-0.39, 0.29) is 23.6 Å². The zero-order valence-corrected chi connectivity index (χ0v) is 15.9. The maximum absolute atomic E-state index is 13.0. The molecule has 2 heterocycles. The average molecular weight is 390 g/mol. The van der Waals surface area contributed by atoms with Crippen molar-refractivity contribution in [1.29, 1.82) is 0 Å². The molecule has 0 bridgehead atoms. The molecule has 2 aromatic carbocycles. The van der Waals surface area contributed by atoms with E-state index in [1.165, 1.54) is 10.9 Å². The Morgan fingerprint density at radius 3 is 2.76 bits per heavy atom. The summed E-state index contributed by atoms with van der Waals surface area (Å²) in [5, 5.41) is 6.98. The van der Waals surface area contributed by atoms with Crippen LogP contribution in [0.15, 0.2) is 64.2 Å². The van der Waals surface area contributed by atoms with Crippen molar-refractivity contribution in [3.63, 3.8) is 0 Å². The molecule has 8 heteroatoms. The maximum Gasteiger partial charge on any atom is 0.267 e. The molecule has 1 N–H and O–H groups in total. The number of hydrogen-bond acceptors (Lipinski definition) is 6. The predicted molar refractivity (Wildman–Crippen MR) is 108 cm³/mol. The van der Waals surface area contributed by atoms with Gasteiger partial charge in [0.2, 0.25) is 5.91 Å². The average Bonchev–Trinajstić information content (AvgIpc) is 3.16. The van der Waals surface area contributed by atoms with Crippen molar-refractivity contribution in [2.45, 2.75) is 13.5 Å². The van der Waals surface area contributed by atoms with Crippen LogP contribution >= 0.6 is 0 Å². The van der Waals surface area contributed by atoms with E-state index < -0.39 is 5.56 Å². The number of nitrogens with one attached hydrogen (secondary N) is 1. The fourth-order valence-electron chi connectivity index (χ4n) is 2.96. The molecule has 1 amide bonds. The van der Waals surface area contributed by atoms with Crippen molar-refractivity contribution < 1.29 is 14.1 Å². The minimum absolute atomic E-state index is 0.134. The number of rotatable bonds is 5. The van der Waals surface area contributed by atoms with Crippen molar-refractivity contribution in [3.8, 4) is 17.0 Å². The van der Waals surface area contributed by atoms with Crippen molar-refractivity contribution in [3.05, 3.63) is 70.8 Å². The largest absolute Gasteiger partial charge is 0.497 e. The number of fused-ring (bicyclic) bond motifs is 1. The number of hydrogen-bond donors (Lipinski definition) is 1.